The largest absolute Gasteiger partial charge is 0.475 e. The Kier molecular flexibility index (Phi) is 2.32. The number of hydrogen-bond donors (Lipinski definition) is 1. The van der Waals surface area contributed by atoms with Gasteiger partial charge in [0.1, 0.15) is 0 Å². The SMILES string of the molecule is O=C(O)c1cc(=O)c2cccc(Br)c2o1. The van der Waals surface area contributed by atoms with Gasteiger partial charge in [0.2, 0.25) is 5.76 Å². The number of halogens is 1. The van der Waals surface area contributed by atoms with Gasteiger partial charge in [0, 0.05) is 6.07 Å². The molecule has 0 spiro atoms. The van der Waals surface area contributed by atoms with E-state index >= 15 is 0 Å². The van der Waals surface area contributed by atoms with E-state index in [9.17, 15) is 9.59 Å². The molecule has 0 aliphatic rings. The maximum absolute atomic E-state index is 11.5. The maximum Gasteiger partial charge on any atom is 0.371 e. The molecule has 2 rings (SSSR count). The molecule has 1 heterocycles. The van der Waals surface area contributed by atoms with Gasteiger partial charge < -0.3 is 9.52 Å². The number of carboxylic acids is 1. The van der Waals surface area contributed by atoms with Gasteiger partial charge in [-0.1, -0.05) is 6.07 Å². The third kappa shape index (κ3) is 1.66. The summed E-state index contributed by atoms with van der Waals surface area (Å²) in [5, 5.41) is 9.07. The molecule has 0 saturated heterocycles. The highest BCUT2D eigenvalue weighted by Crippen LogP contribution is 2.22. The van der Waals surface area contributed by atoms with Crippen molar-refractivity contribution in [3.63, 3.8) is 0 Å². The lowest BCUT2D eigenvalue weighted by atomic mass is 10.2. The van der Waals surface area contributed by atoms with Crippen molar-refractivity contribution in [2.75, 3.05) is 0 Å². The summed E-state index contributed by atoms with van der Waals surface area (Å²) in [5.41, 5.74) is -0.114. The summed E-state index contributed by atoms with van der Waals surface area (Å²) in [6.07, 6.45) is 0. The molecule has 0 fully saturated rings. The number of carbonyl (C=O) groups is 1. The van der Waals surface area contributed by atoms with Gasteiger partial charge in [0.25, 0.3) is 0 Å². The normalized spacial score (nSPS) is 10.5. The Morgan fingerprint density at radius 2 is 2.13 bits per heavy atom. The molecular weight excluding hydrogens is 264 g/mol. The van der Waals surface area contributed by atoms with Gasteiger partial charge in [-0.25, -0.2) is 4.79 Å². The first kappa shape index (κ1) is 9.92. The van der Waals surface area contributed by atoms with Crippen molar-refractivity contribution in [3.05, 3.63) is 44.7 Å². The van der Waals surface area contributed by atoms with Crippen LogP contribution in [0.2, 0.25) is 0 Å². The zero-order valence-electron chi connectivity index (χ0n) is 7.36. The molecule has 0 atom stereocenters. The summed E-state index contributed by atoms with van der Waals surface area (Å²) in [6, 6.07) is 5.91. The summed E-state index contributed by atoms with van der Waals surface area (Å²) < 4.78 is 5.64. The monoisotopic (exact) mass is 268 g/mol. The predicted octanol–water partition coefficient (Wildman–Crippen LogP) is 2.25. The lowest BCUT2D eigenvalue weighted by Crippen LogP contribution is -2.06. The van der Waals surface area contributed by atoms with Crippen LogP contribution in [0.5, 0.6) is 0 Å². The van der Waals surface area contributed by atoms with Crippen LogP contribution in [0.15, 0.2) is 37.9 Å². The fourth-order valence-electron chi connectivity index (χ4n) is 1.25. The number of fused-ring (bicyclic) bond motifs is 1. The standard InChI is InChI=1S/C10H5BrO4/c11-6-3-1-2-5-7(12)4-8(10(13)14)15-9(5)6/h1-4H,(H,13,14). The van der Waals surface area contributed by atoms with E-state index in [2.05, 4.69) is 15.9 Å². The fourth-order valence-corrected chi connectivity index (χ4v) is 1.70. The number of benzene rings is 1. The third-order valence-corrected chi connectivity index (χ3v) is 2.54. The van der Waals surface area contributed by atoms with Gasteiger partial charge in [-0.3, -0.25) is 4.79 Å². The number of hydrogen-bond acceptors (Lipinski definition) is 3. The predicted molar refractivity (Wildman–Crippen MR) is 57.1 cm³/mol. The van der Waals surface area contributed by atoms with Crippen LogP contribution in [0.4, 0.5) is 0 Å². The Balaban J connectivity index is 2.92. The van der Waals surface area contributed by atoms with Crippen LogP contribution in [0.25, 0.3) is 11.0 Å². The number of para-hydroxylation sites is 1. The van der Waals surface area contributed by atoms with Gasteiger partial charge in [0.15, 0.2) is 11.0 Å². The van der Waals surface area contributed by atoms with E-state index < -0.39 is 5.97 Å². The van der Waals surface area contributed by atoms with Crippen LogP contribution in [0, 0.1) is 0 Å². The van der Waals surface area contributed by atoms with Crippen molar-refractivity contribution >= 4 is 32.9 Å². The molecule has 1 aromatic carbocycles. The molecule has 5 heteroatoms. The fraction of sp³-hybridized carbons (Fsp3) is 0. The molecule has 1 aromatic heterocycles. The van der Waals surface area contributed by atoms with Gasteiger partial charge in [-0.2, -0.15) is 0 Å². The lowest BCUT2D eigenvalue weighted by Gasteiger charge is -2.00. The van der Waals surface area contributed by atoms with E-state index in [0.717, 1.165) is 6.07 Å². The van der Waals surface area contributed by atoms with Crippen LogP contribution in [-0.2, 0) is 0 Å². The highest BCUT2D eigenvalue weighted by atomic mass is 79.9. The quantitative estimate of drug-likeness (QED) is 0.862. The molecule has 0 amide bonds. The van der Waals surface area contributed by atoms with Crippen LogP contribution in [0.1, 0.15) is 10.6 Å². The average Bonchev–Trinajstić information content (AvgIpc) is 2.19. The minimum atomic E-state index is -1.26. The summed E-state index contributed by atoms with van der Waals surface area (Å²) >= 11 is 3.19. The Morgan fingerprint density at radius 1 is 1.40 bits per heavy atom. The van der Waals surface area contributed by atoms with E-state index in [0.29, 0.717) is 9.86 Å². The zero-order chi connectivity index (χ0) is 11.0. The Labute approximate surface area is 92.3 Å². The number of rotatable bonds is 1. The topological polar surface area (TPSA) is 67.5 Å². The second-order valence-corrected chi connectivity index (χ2v) is 3.75. The summed E-state index contributed by atoms with van der Waals surface area (Å²) in [6.45, 7) is 0. The van der Waals surface area contributed by atoms with E-state index in [4.69, 9.17) is 9.52 Å². The molecule has 2 aromatic rings. The van der Waals surface area contributed by atoms with Crippen molar-refractivity contribution in [2.24, 2.45) is 0 Å². The highest BCUT2D eigenvalue weighted by Gasteiger charge is 2.11. The molecule has 0 aliphatic heterocycles. The van der Waals surface area contributed by atoms with Crippen LogP contribution in [0.3, 0.4) is 0 Å². The van der Waals surface area contributed by atoms with Gasteiger partial charge in [0.05, 0.1) is 9.86 Å². The van der Waals surface area contributed by atoms with Crippen LogP contribution < -0.4 is 5.43 Å². The zero-order valence-corrected chi connectivity index (χ0v) is 8.95. The lowest BCUT2D eigenvalue weighted by molar-refractivity contribution is 0.0663. The smallest absolute Gasteiger partial charge is 0.371 e. The van der Waals surface area contributed by atoms with E-state index in [1.54, 1.807) is 18.2 Å². The third-order valence-electron chi connectivity index (χ3n) is 1.92. The minimum absolute atomic E-state index is 0.252. The first-order chi connectivity index (χ1) is 7.09. The van der Waals surface area contributed by atoms with Crippen molar-refractivity contribution < 1.29 is 14.3 Å². The Morgan fingerprint density at radius 3 is 2.80 bits per heavy atom. The summed E-state index contributed by atoms with van der Waals surface area (Å²) in [7, 11) is 0. The second-order valence-electron chi connectivity index (χ2n) is 2.90. The first-order valence-corrected chi connectivity index (χ1v) is 4.84. The van der Waals surface area contributed by atoms with Crippen molar-refractivity contribution in [1.82, 2.24) is 0 Å². The Hall–Kier alpha value is -1.62. The van der Waals surface area contributed by atoms with Gasteiger partial charge >= 0.3 is 5.97 Å². The number of carboxylic acid groups (broad SMARTS) is 1. The molecule has 4 nitrogen and oxygen atoms in total. The molecule has 0 aliphatic carbocycles. The maximum atomic E-state index is 11.5. The van der Waals surface area contributed by atoms with Crippen molar-refractivity contribution in [3.8, 4) is 0 Å². The molecule has 0 saturated carbocycles. The highest BCUT2D eigenvalue weighted by molar-refractivity contribution is 9.10. The van der Waals surface area contributed by atoms with Gasteiger partial charge in [-0.05, 0) is 28.1 Å². The molecule has 76 valence electrons. The van der Waals surface area contributed by atoms with Crippen molar-refractivity contribution in [2.45, 2.75) is 0 Å². The van der Waals surface area contributed by atoms with Crippen LogP contribution in [-0.4, -0.2) is 11.1 Å². The van der Waals surface area contributed by atoms with Gasteiger partial charge in [-0.15, -0.1) is 0 Å². The average molecular weight is 269 g/mol. The first-order valence-electron chi connectivity index (χ1n) is 4.05. The summed E-state index contributed by atoms with van der Waals surface area (Å²) in [4.78, 5) is 22.2. The molecule has 15 heavy (non-hydrogen) atoms. The molecule has 0 radical (unpaired) electrons. The van der Waals surface area contributed by atoms with E-state index in [-0.39, 0.29) is 16.8 Å². The Bertz CT molecular complexity index is 600. The summed E-state index contributed by atoms with van der Waals surface area (Å²) in [5.74, 6) is -1.62. The number of aromatic carboxylic acids is 1. The molecule has 1 N–H and O–H groups in total. The minimum Gasteiger partial charge on any atom is -0.475 e. The van der Waals surface area contributed by atoms with Crippen molar-refractivity contribution in [1.29, 1.82) is 0 Å². The second kappa shape index (κ2) is 3.51. The van der Waals surface area contributed by atoms with Crippen LogP contribution >= 0.6 is 15.9 Å². The molecule has 0 bridgehead atoms. The van der Waals surface area contributed by atoms with E-state index in [1.807, 2.05) is 0 Å². The molecule has 0 unspecified atom stereocenters. The molecular formula is C10H5BrO4. The van der Waals surface area contributed by atoms with E-state index in [1.165, 1.54) is 0 Å².